The number of aromatic nitrogens is 4. The van der Waals surface area contributed by atoms with Crippen molar-refractivity contribution in [3.8, 4) is 0 Å². The molecule has 0 aromatic carbocycles. The van der Waals surface area contributed by atoms with Gasteiger partial charge in [0, 0.05) is 25.0 Å². The maximum atomic E-state index is 12.3. The van der Waals surface area contributed by atoms with Crippen LogP contribution in [0.15, 0.2) is 0 Å². The molecular weight excluding hydrogens is 452 g/mol. The van der Waals surface area contributed by atoms with E-state index in [-0.39, 0.29) is 35.5 Å². The molecule has 10 nitrogen and oxygen atoms in total. The third-order valence-corrected chi connectivity index (χ3v) is 8.32. The predicted octanol–water partition coefficient (Wildman–Crippen LogP) is 2.78. The Morgan fingerprint density at radius 3 is 1.69 bits per heavy atom. The lowest BCUT2D eigenvalue weighted by Crippen LogP contribution is -2.22. The average Bonchev–Trinajstić information content (AvgIpc) is 3.61. The Kier molecular flexibility index (Phi) is 6.72. The van der Waals surface area contributed by atoms with Crippen molar-refractivity contribution < 1.29 is 19.1 Å². The number of hydrogen-bond donors (Lipinski definition) is 2. The van der Waals surface area contributed by atoms with E-state index in [1.807, 2.05) is 0 Å². The van der Waals surface area contributed by atoms with E-state index < -0.39 is 0 Å². The van der Waals surface area contributed by atoms with Gasteiger partial charge in [-0.1, -0.05) is 29.1 Å². The van der Waals surface area contributed by atoms with Gasteiger partial charge in [-0.2, -0.15) is 0 Å². The molecule has 2 N–H and O–H groups in total. The highest BCUT2D eigenvalue weighted by molar-refractivity contribution is 7.15. The Morgan fingerprint density at radius 2 is 1.25 bits per heavy atom. The van der Waals surface area contributed by atoms with E-state index in [2.05, 4.69) is 31.0 Å². The number of carbonyl (C=O) groups is 2. The van der Waals surface area contributed by atoms with Crippen molar-refractivity contribution in [2.24, 2.45) is 11.8 Å². The zero-order valence-corrected chi connectivity index (χ0v) is 19.3. The number of hydrogen-bond acceptors (Lipinski definition) is 10. The van der Waals surface area contributed by atoms with E-state index in [1.165, 1.54) is 22.7 Å². The van der Waals surface area contributed by atoms with E-state index in [0.29, 0.717) is 36.7 Å². The minimum absolute atomic E-state index is 0.0423. The number of rotatable bonds is 6. The molecule has 172 valence electrons. The van der Waals surface area contributed by atoms with Gasteiger partial charge in [0.05, 0.1) is 25.0 Å². The molecule has 4 heterocycles. The van der Waals surface area contributed by atoms with Gasteiger partial charge >= 0.3 is 0 Å². The van der Waals surface area contributed by atoms with Gasteiger partial charge < -0.3 is 20.1 Å². The summed E-state index contributed by atoms with van der Waals surface area (Å²) in [4.78, 5) is 24.6. The van der Waals surface area contributed by atoms with Crippen molar-refractivity contribution >= 4 is 44.8 Å². The summed E-state index contributed by atoms with van der Waals surface area (Å²) >= 11 is 2.91. The summed E-state index contributed by atoms with van der Waals surface area (Å²) in [7, 11) is 0. The van der Waals surface area contributed by atoms with Crippen LogP contribution >= 0.6 is 22.7 Å². The summed E-state index contributed by atoms with van der Waals surface area (Å²) in [6.07, 6.45) is 5.56. The molecule has 0 bridgehead atoms. The highest BCUT2D eigenvalue weighted by Gasteiger charge is 2.31. The summed E-state index contributed by atoms with van der Waals surface area (Å²) in [5.41, 5.74) is 0. The number of nitrogens with one attached hydrogen (secondary N) is 2. The third-order valence-electron chi connectivity index (χ3n) is 6.32. The van der Waals surface area contributed by atoms with Gasteiger partial charge in [-0.3, -0.25) is 9.59 Å². The average molecular weight is 479 g/mol. The molecule has 5 rings (SSSR count). The highest BCUT2D eigenvalue weighted by atomic mass is 32.1. The molecule has 2 unspecified atom stereocenters. The molecule has 3 fully saturated rings. The molecule has 0 radical (unpaired) electrons. The molecule has 12 heteroatoms. The van der Waals surface area contributed by atoms with E-state index in [0.717, 1.165) is 48.5 Å². The fourth-order valence-electron chi connectivity index (χ4n) is 4.44. The zero-order valence-electron chi connectivity index (χ0n) is 17.6. The van der Waals surface area contributed by atoms with Crippen LogP contribution in [0.2, 0.25) is 0 Å². The Labute approximate surface area is 193 Å². The summed E-state index contributed by atoms with van der Waals surface area (Å²) in [6, 6.07) is 0. The van der Waals surface area contributed by atoms with E-state index >= 15 is 0 Å². The topological polar surface area (TPSA) is 128 Å². The largest absolute Gasteiger partial charge is 0.381 e. The van der Waals surface area contributed by atoms with Crippen LogP contribution in [0.5, 0.6) is 0 Å². The fraction of sp³-hybridized carbons (Fsp3) is 0.700. The number of nitrogens with zero attached hydrogens (tertiary/aromatic N) is 4. The molecular formula is C20H26N6O4S2. The molecule has 1 saturated carbocycles. The van der Waals surface area contributed by atoms with Crippen molar-refractivity contribution in [1.29, 1.82) is 0 Å². The lowest BCUT2D eigenvalue weighted by Gasteiger charge is -2.25. The van der Waals surface area contributed by atoms with Crippen molar-refractivity contribution in [1.82, 2.24) is 20.4 Å². The van der Waals surface area contributed by atoms with Crippen LogP contribution in [-0.4, -0.2) is 58.6 Å². The van der Waals surface area contributed by atoms with Crippen LogP contribution in [0.3, 0.4) is 0 Å². The van der Waals surface area contributed by atoms with Crippen LogP contribution in [0, 0.1) is 11.8 Å². The van der Waals surface area contributed by atoms with E-state index in [4.69, 9.17) is 9.47 Å². The second-order valence-corrected chi connectivity index (χ2v) is 10.6. The molecule has 32 heavy (non-hydrogen) atoms. The van der Waals surface area contributed by atoms with Crippen LogP contribution in [0.25, 0.3) is 0 Å². The standard InChI is InChI=1S/C20H26N6O4S2/c27-15(13-4-6-29-9-13)21-19-25-23-17(31-19)11-2-1-3-12(8-11)18-24-26-20(32-18)22-16(28)14-5-7-30-10-14/h11-14H,1-10H2,(H,21,25,27)(H,22,26,28)/t11-,12-,13?,14?/m0/s1. The fourth-order valence-corrected chi connectivity index (χ4v) is 6.22. The first kappa shape index (κ1) is 21.8. The Morgan fingerprint density at radius 1 is 0.750 bits per heavy atom. The summed E-state index contributed by atoms with van der Waals surface area (Å²) in [5, 5.41) is 25.9. The van der Waals surface area contributed by atoms with Gasteiger partial charge in [0.15, 0.2) is 0 Å². The molecule has 4 atom stereocenters. The van der Waals surface area contributed by atoms with Gasteiger partial charge in [0.1, 0.15) is 10.0 Å². The van der Waals surface area contributed by atoms with Crippen LogP contribution in [-0.2, 0) is 19.1 Å². The van der Waals surface area contributed by atoms with Gasteiger partial charge in [-0.15, -0.1) is 20.4 Å². The van der Waals surface area contributed by atoms with Gasteiger partial charge in [-0.25, -0.2) is 0 Å². The van der Waals surface area contributed by atoms with Gasteiger partial charge in [-0.05, 0) is 32.1 Å². The van der Waals surface area contributed by atoms with Gasteiger partial charge in [0.2, 0.25) is 22.1 Å². The lowest BCUT2D eigenvalue weighted by atomic mass is 9.82. The number of ether oxygens (including phenoxy) is 2. The smallest absolute Gasteiger partial charge is 0.231 e. The molecule has 2 aromatic rings. The zero-order chi connectivity index (χ0) is 21.9. The first-order chi connectivity index (χ1) is 15.7. The molecule has 2 saturated heterocycles. The molecule has 2 amide bonds. The second kappa shape index (κ2) is 9.86. The Bertz CT molecular complexity index is 879. The molecule has 2 aromatic heterocycles. The minimum atomic E-state index is -0.102. The lowest BCUT2D eigenvalue weighted by molar-refractivity contribution is -0.120. The predicted molar refractivity (Wildman–Crippen MR) is 119 cm³/mol. The third kappa shape index (κ3) is 4.98. The number of anilines is 2. The molecule has 0 spiro atoms. The first-order valence-corrected chi connectivity index (χ1v) is 12.7. The molecule has 2 aliphatic heterocycles. The first-order valence-electron chi connectivity index (χ1n) is 11.1. The highest BCUT2D eigenvalue weighted by Crippen LogP contribution is 2.43. The summed E-state index contributed by atoms with van der Waals surface area (Å²) in [6.45, 7) is 2.21. The van der Waals surface area contributed by atoms with Crippen LogP contribution < -0.4 is 10.6 Å². The van der Waals surface area contributed by atoms with Crippen LogP contribution in [0.4, 0.5) is 10.3 Å². The Hall–Kier alpha value is -2.02. The van der Waals surface area contributed by atoms with Gasteiger partial charge in [0.25, 0.3) is 0 Å². The monoisotopic (exact) mass is 478 g/mol. The SMILES string of the molecule is O=C(Nc1nnc([C@H]2CCC[C@H](c3nnc(NC(=O)C4CCOC4)s3)C2)s1)C1CCOC1. The molecule has 3 aliphatic rings. The number of amides is 2. The summed E-state index contributed by atoms with van der Waals surface area (Å²) < 4.78 is 10.6. The summed E-state index contributed by atoms with van der Waals surface area (Å²) in [5.74, 6) is 0.275. The minimum Gasteiger partial charge on any atom is -0.381 e. The quantitative estimate of drug-likeness (QED) is 0.649. The maximum Gasteiger partial charge on any atom is 0.231 e. The normalized spacial score (nSPS) is 28.0. The maximum absolute atomic E-state index is 12.3. The second-order valence-electron chi connectivity index (χ2n) is 8.55. The van der Waals surface area contributed by atoms with Crippen molar-refractivity contribution in [3.05, 3.63) is 10.0 Å². The van der Waals surface area contributed by atoms with Crippen LogP contribution in [0.1, 0.15) is 60.4 Å². The Balaban J connectivity index is 1.18. The van der Waals surface area contributed by atoms with E-state index in [9.17, 15) is 9.59 Å². The van der Waals surface area contributed by atoms with Crippen molar-refractivity contribution in [2.45, 2.75) is 50.4 Å². The van der Waals surface area contributed by atoms with Crippen molar-refractivity contribution in [2.75, 3.05) is 37.1 Å². The van der Waals surface area contributed by atoms with Crippen molar-refractivity contribution in [3.63, 3.8) is 0 Å². The molecule has 1 aliphatic carbocycles. The number of carbonyl (C=O) groups excluding carboxylic acids is 2. The van der Waals surface area contributed by atoms with E-state index in [1.54, 1.807) is 0 Å².